The Labute approximate surface area is 150 Å². The highest BCUT2D eigenvalue weighted by molar-refractivity contribution is 7.99. The smallest absolute Gasteiger partial charge is 0.312 e. The van der Waals surface area contributed by atoms with Gasteiger partial charge in [0.1, 0.15) is 5.82 Å². The van der Waals surface area contributed by atoms with E-state index in [2.05, 4.69) is 5.32 Å². The molecule has 1 amide bonds. The molecule has 2 rings (SSSR count). The first kappa shape index (κ1) is 19.0. The van der Waals surface area contributed by atoms with Crippen LogP contribution in [0.5, 0.6) is 0 Å². The molecule has 0 bridgehead atoms. The zero-order chi connectivity index (χ0) is 18.2. The Morgan fingerprint density at radius 3 is 2.36 bits per heavy atom. The molecule has 0 spiro atoms. The molecule has 2 aromatic rings. The number of carboxylic acids is 1. The Kier molecular flexibility index (Phi) is 7.01. The van der Waals surface area contributed by atoms with Gasteiger partial charge in [0.15, 0.2) is 0 Å². The Hall–Kier alpha value is -2.34. The van der Waals surface area contributed by atoms with Crippen LogP contribution in [-0.4, -0.2) is 29.3 Å². The molecule has 2 aromatic carbocycles. The van der Waals surface area contributed by atoms with Crippen LogP contribution < -0.4 is 5.32 Å². The van der Waals surface area contributed by atoms with Crippen LogP contribution in [0, 0.1) is 11.7 Å². The van der Waals surface area contributed by atoms with Crippen LogP contribution in [0.3, 0.4) is 0 Å². The zero-order valence-corrected chi connectivity index (χ0v) is 14.6. The van der Waals surface area contributed by atoms with E-state index >= 15 is 0 Å². The summed E-state index contributed by atoms with van der Waals surface area (Å²) in [6.45, 7) is 1.83. The number of thioether (sulfide) groups is 1. The van der Waals surface area contributed by atoms with Gasteiger partial charge in [-0.05, 0) is 29.8 Å². The molecule has 2 N–H and O–H groups in total. The summed E-state index contributed by atoms with van der Waals surface area (Å²) in [6, 6.07) is 14.9. The SMILES string of the molecule is CC(CSc1ccc(F)cc1)C(=O)NCC(C(=O)O)c1ccccc1. The second-order valence-electron chi connectivity index (χ2n) is 5.71. The van der Waals surface area contributed by atoms with Gasteiger partial charge in [0.2, 0.25) is 5.91 Å². The van der Waals surface area contributed by atoms with Gasteiger partial charge in [0.25, 0.3) is 0 Å². The minimum Gasteiger partial charge on any atom is -0.481 e. The minimum absolute atomic E-state index is 0.0454. The Bertz CT molecular complexity index is 706. The van der Waals surface area contributed by atoms with Crippen molar-refractivity contribution in [1.29, 1.82) is 0 Å². The van der Waals surface area contributed by atoms with Crippen molar-refractivity contribution in [2.75, 3.05) is 12.3 Å². The van der Waals surface area contributed by atoms with E-state index < -0.39 is 11.9 Å². The van der Waals surface area contributed by atoms with E-state index in [0.29, 0.717) is 11.3 Å². The van der Waals surface area contributed by atoms with Crippen LogP contribution in [0.25, 0.3) is 0 Å². The normalized spacial score (nSPS) is 13.0. The highest BCUT2D eigenvalue weighted by Crippen LogP contribution is 2.21. The maximum atomic E-state index is 12.9. The van der Waals surface area contributed by atoms with E-state index in [1.54, 1.807) is 43.3 Å². The van der Waals surface area contributed by atoms with Crippen molar-refractivity contribution in [3.63, 3.8) is 0 Å². The molecule has 0 aliphatic rings. The summed E-state index contributed by atoms with van der Waals surface area (Å²) < 4.78 is 12.9. The summed E-state index contributed by atoms with van der Waals surface area (Å²) >= 11 is 1.46. The van der Waals surface area contributed by atoms with Crippen LogP contribution in [0.15, 0.2) is 59.5 Å². The summed E-state index contributed by atoms with van der Waals surface area (Å²) in [6.07, 6.45) is 0. The van der Waals surface area contributed by atoms with E-state index in [4.69, 9.17) is 0 Å². The highest BCUT2D eigenvalue weighted by Gasteiger charge is 2.22. The van der Waals surface area contributed by atoms with E-state index in [0.717, 1.165) is 4.90 Å². The van der Waals surface area contributed by atoms with Crippen LogP contribution in [0.2, 0.25) is 0 Å². The molecular formula is C19H20FNO3S. The van der Waals surface area contributed by atoms with Crippen molar-refractivity contribution in [2.45, 2.75) is 17.7 Å². The van der Waals surface area contributed by atoms with Gasteiger partial charge in [-0.2, -0.15) is 0 Å². The second-order valence-corrected chi connectivity index (χ2v) is 6.81. The minimum atomic E-state index is -0.972. The molecule has 4 nitrogen and oxygen atoms in total. The van der Waals surface area contributed by atoms with Gasteiger partial charge < -0.3 is 10.4 Å². The lowest BCUT2D eigenvalue weighted by Crippen LogP contribution is -2.35. The summed E-state index contributed by atoms with van der Waals surface area (Å²) in [5, 5.41) is 12.1. The number of benzene rings is 2. The largest absolute Gasteiger partial charge is 0.481 e. The van der Waals surface area contributed by atoms with Gasteiger partial charge in [-0.15, -0.1) is 11.8 Å². The molecule has 2 unspecified atom stereocenters. The fraction of sp³-hybridized carbons (Fsp3) is 0.263. The summed E-state index contributed by atoms with van der Waals surface area (Å²) in [7, 11) is 0. The van der Waals surface area contributed by atoms with E-state index in [1.165, 1.54) is 23.9 Å². The third-order valence-corrected chi connectivity index (χ3v) is 5.01. The number of carboxylic acid groups (broad SMARTS) is 1. The van der Waals surface area contributed by atoms with Crippen molar-refractivity contribution < 1.29 is 19.1 Å². The van der Waals surface area contributed by atoms with E-state index in [-0.39, 0.29) is 24.2 Å². The second kappa shape index (κ2) is 9.22. The van der Waals surface area contributed by atoms with Crippen LogP contribution in [0.1, 0.15) is 18.4 Å². The van der Waals surface area contributed by atoms with Crippen LogP contribution >= 0.6 is 11.8 Å². The molecular weight excluding hydrogens is 341 g/mol. The molecule has 0 fully saturated rings. The number of rotatable bonds is 8. The molecule has 6 heteroatoms. The molecule has 132 valence electrons. The number of hydrogen-bond donors (Lipinski definition) is 2. The number of carbonyl (C=O) groups excluding carboxylic acids is 1. The van der Waals surface area contributed by atoms with Crippen molar-refractivity contribution in [3.8, 4) is 0 Å². The molecule has 2 atom stereocenters. The maximum Gasteiger partial charge on any atom is 0.312 e. The first-order chi connectivity index (χ1) is 12.0. The lowest BCUT2D eigenvalue weighted by molar-refractivity contribution is -0.138. The summed E-state index contributed by atoms with van der Waals surface area (Å²) in [5.41, 5.74) is 0.656. The maximum absolute atomic E-state index is 12.9. The fourth-order valence-electron chi connectivity index (χ4n) is 2.24. The van der Waals surface area contributed by atoms with E-state index in [9.17, 15) is 19.1 Å². The lowest BCUT2D eigenvalue weighted by atomic mass is 9.99. The standard InChI is InChI=1S/C19H20FNO3S/c1-13(12-25-16-9-7-15(20)8-10-16)18(22)21-11-17(19(23)24)14-5-3-2-4-6-14/h2-10,13,17H,11-12H2,1H3,(H,21,22)(H,23,24). The number of amides is 1. The zero-order valence-electron chi connectivity index (χ0n) is 13.8. The molecule has 0 heterocycles. The monoisotopic (exact) mass is 361 g/mol. The molecule has 0 aromatic heterocycles. The number of aliphatic carboxylic acids is 1. The molecule has 25 heavy (non-hydrogen) atoms. The third kappa shape index (κ3) is 5.90. The van der Waals surface area contributed by atoms with Gasteiger partial charge in [0, 0.05) is 23.1 Å². The predicted molar refractivity (Wildman–Crippen MR) is 96.1 cm³/mol. The van der Waals surface area contributed by atoms with Crippen molar-refractivity contribution in [2.24, 2.45) is 5.92 Å². The highest BCUT2D eigenvalue weighted by atomic mass is 32.2. The van der Waals surface area contributed by atoms with Crippen molar-refractivity contribution >= 4 is 23.6 Å². The summed E-state index contributed by atoms with van der Waals surface area (Å²) in [5.74, 6) is -2.00. The van der Waals surface area contributed by atoms with Crippen molar-refractivity contribution in [3.05, 3.63) is 66.0 Å². The predicted octanol–water partition coefficient (Wildman–Crippen LogP) is 3.54. The Morgan fingerprint density at radius 1 is 1.12 bits per heavy atom. The Morgan fingerprint density at radius 2 is 1.76 bits per heavy atom. The molecule has 0 saturated carbocycles. The van der Waals surface area contributed by atoms with Gasteiger partial charge in [-0.25, -0.2) is 4.39 Å². The Balaban J connectivity index is 1.85. The van der Waals surface area contributed by atoms with Crippen LogP contribution in [-0.2, 0) is 9.59 Å². The number of carbonyl (C=O) groups is 2. The number of halogens is 1. The summed E-state index contributed by atoms with van der Waals surface area (Å²) in [4.78, 5) is 24.5. The first-order valence-corrected chi connectivity index (χ1v) is 8.89. The van der Waals surface area contributed by atoms with E-state index in [1.807, 2.05) is 6.07 Å². The quantitative estimate of drug-likeness (QED) is 0.706. The van der Waals surface area contributed by atoms with Gasteiger partial charge in [0.05, 0.1) is 5.92 Å². The first-order valence-electron chi connectivity index (χ1n) is 7.91. The van der Waals surface area contributed by atoms with Crippen molar-refractivity contribution in [1.82, 2.24) is 5.32 Å². The number of hydrogen-bond acceptors (Lipinski definition) is 3. The van der Waals surface area contributed by atoms with Gasteiger partial charge >= 0.3 is 5.97 Å². The average Bonchev–Trinajstić information content (AvgIpc) is 2.61. The molecule has 0 saturated heterocycles. The average molecular weight is 361 g/mol. The number of nitrogens with one attached hydrogen (secondary N) is 1. The molecule has 0 radical (unpaired) electrons. The third-order valence-electron chi connectivity index (χ3n) is 3.74. The van der Waals surface area contributed by atoms with Gasteiger partial charge in [-0.3, -0.25) is 9.59 Å². The van der Waals surface area contributed by atoms with Crippen LogP contribution in [0.4, 0.5) is 4.39 Å². The molecule has 0 aliphatic carbocycles. The fourth-order valence-corrected chi connectivity index (χ4v) is 3.16. The topological polar surface area (TPSA) is 66.4 Å². The lowest BCUT2D eigenvalue weighted by Gasteiger charge is -2.16. The van der Waals surface area contributed by atoms with Gasteiger partial charge in [-0.1, -0.05) is 37.3 Å². The molecule has 0 aliphatic heterocycles.